The van der Waals surface area contributed by atoms with Gasteiger partial charge in [-0.1, -0.05) is 53.8 Å². The van der Waals surface area contributed by atoms with Crippen molar-refractivity contribution in [3.8, 4) is 11.3 Å². The van der Waals surface area contributed by atoms with Gasteiger partial charge < -0.3 is 0 Å². The molecule has 2 heterocycles. The van der Waals surface area contributed by atoms with Crippen LogP contribution in [0.25, 0.3) is 26.4 Å². The molecule has 0 amide bonds. The van der Waals surface area contributed by atoms with Gasteiger partial charge in [0.05, 0.1) is 10.2 Å². The summed E-state index contributed by atoms with van der Waals surface area (Å²) >= 11 is 1.50. The third-order valence-electron chi connectivity index (χ3n) is 3.15. The number of hydrogen-bond acceptors (Lipinski definition) is 2. The standard InChI is InChI=1S/C15H9FN2S/c16-14-13(10-6-2-1-3-7-10)17-15-18(14)11-8-4-5-9-12(11)19-15/h1-9H. The summed E-state index contributed by atoms with van der Waals surface area (Å²) in [5, 5.41) is 0. The van der Waals surface area contributed by atoms with Crippen LogP contribution in [-0.4, -0.2) is 9.38 Å². The Balaban J connectivity index is 2.08. The fraction of sp³-hybridized carbons (Fsp3) is 0. The maximum Gasteiger partial charge on any atom is 0.227 e. The number of nitrogens with zero attached hydrogens (tertiary/aromatic N) is 2. The van der Waals surface area contributed by atoms with Crippen molar-refractivity contribution in [2.45, 2.75) is 0 Å². The fourth-order valence-electron chi connectivity index (χ4n) is 2.27. The Hall–Kier alpha value is -2.20. The average Bonchev–Trinajstić information content (AvgIpc) is 2.97. The van der Waals surface area contributed by atoms with E-state index in [-0.39, 0.29) is 5.95 Å². The molecule has 0 spiro atoms. The van der Waals surface area contributed by atoms with Gasteiger partial charge in [0.1, 0.15) is 5.69 Å². The number of fused-ring (bicyclic) bond motifs is 3. The van der Waals surface area contributed by atoms with Crippen molar-refractivity contribution in [2.24, 2.45) is 0 Å². The molecule has 0 saturated heterocycles. The number of rotatable bonds is 1. The van der Waals surface area contributed by atoms with Gasteiger partial charge in [-0.3, -0.25) is 4.40 Å². The molecule has 4 heteroatoms. The average molecular weight is 268 g/mol. The molecule has 4 rings (SSSR count). The minimum Gasteiger partial charge on any atom is -0.259 e. The minimum atomic E-state index is -0.293. The van der Waals surface area contributed by atoms with Crippen LogP contribution in [0.4, 0.5) is 4.39 Å². The van der Waals surface area contributed by atoms with E-state index in [0.29, 0.717) is 10.7 Å². The van der Waals surface area contributed by atoms with Crippen LogP contribution in [0, 0.1) is 5.95 Å². The highest BCUT2D eigenvalue weighted by Gasteiger charge is 2.17. The first kappa shape index (κ1) is 10.7. The van der Waals surface area contributed by atoms with Crippen molar-refractivity contribution in [1.29, 1.82) is 0 Å². The molecule has 0 atom stereocenters. The summed E-state index contributed by atoms with van der Waals surface area (Å²) in [5.74, 6) is -0.293. The van der Waals surface area contributed by atoms with Crippen molar-refractivity contribution in [2.75, 3.05) is 0 Å². The van der Waals surface area contributed by atoms with Gasteiger partial charge in [-0.2, -0.15) is 4.39 Å². The van der Waals surface area contributed by atoms with Crippen LogP contribution in [0.3, 0.4) is 0 Å². The third-order valence-corrected chi connectivity index (χ3v) is 4.17. The van der Waals surface area contributed by atoms with Gasteiger partial charge in [0.25, 0.3) is 0 Å². The predicted molar refractivity (Wildman–Crippen MR) is 76.0 cm³/mol. The molecule has 0 aliphatic heterocycles. The largest absolute Gasteiger partial charge is 0.259 e. The molecule has 0 fully saturated rings. The van der Waals surface area contributed by atoms with Gasteiger partial charge in [0, 0.05) is 5.56 Å². The van der Waals surface area contributed by atoms with Crippen molar-refractivity contribution in [3.05, 3.63) is 60.5 Å². The van der Waals surface area contributed by atoms with Crippen LogP contribution < -0.4 is 0 Å². The third kappa shape index (κ3) is 1.50. The summed E-state index contributed by atoms with van der Waals surface area (Å²) < 4.78 is 17.2. The van der Waals surface area contributed by atoms with Crippen molar-refractivity contribution >= 4 is 26.5 Å². The summed E-state index contributed by atoms with van der Waals surface area (Å²) in [6.45, 7) is 0. The highest BCUT2D eigenvalue weighted by molar-refractivity contribution is 7.23. The Morgan fingerprint density at radius 1 is 0.947 bits per heavy atom. The van der Waals surface area contributed by atoms with E-state index in [1.807, 2.05) is 54.6 Å². The van der Waals surface area contributed by atoms with E-state index in [4.69, 9.17) is 0 Å². The Labute approximate surface area is 112 Å². The van der Waals surface area contributed by atoms with Crippen LogP contribution in [0.5, 0.6) is 0 Å². The fourth-order valence-corrected chi connectivity index (χ4v) is 3.28. The summed E-state index contributed by atoms with van der Waals surface area (Å²) in [5.41, 5.74) is 2.09. The maximum absolute atomic E-state index is 14.6. The van der Waals surface area contributed by atoms with E-state index in [9.17, 15) is 4.39 Å². The molecule has 0 aliphatic carbocycles. The Morgan fingerprint density at radius 3 is 2.53 bits per heavy atom. The summed E-state index contributed by atoms with van der Waals surface area (Å²) in [6, 6.07) is 17.2. The molecule has 0 radical (unpaired) electrons. The number of hydrogen-bond donors (Lipinski definition) is 0. The number of thiazole rings is 1. The van der Waals surface area contributed by atoms with Gasteiger partial charge >= 0.3 is 0 Å². The van der Waals surface area contributed by atoms with Gasteiger partial charge in [-0.25, -0.2) is 4.98 Å². The predicted octanol–water partition coefficient (Wildman–Crippen LogP) is 4.36. The number of halogens is 1. The molecular weight excluding hydrogens is 259 g/mol. The van der Waals surface area contributed by atoms with Crippen LogP contribution in [0.15, 0.2) is 54.6 Å². The lowest BCUT2D eigenvalue weighted by Crippen LogP contribution is -1.87. The molecule has 0 bridgehead atoms. The van der Waals surface area contributed by atoms with E-state index < -0.39 is 0 Å². The van der Waals surface area contributed by atoms with E-state index in [0.717, 1.165) is 15.8 Å². The Bertz CT molecular complexity index is 877. The van der Waals surface area contributed by atoms with Gasteiger partial charge in [0.2, 0.25) is 5.95 Å². The summed E-state index contributed by atoms with van der Waals surface area (Å²) in [7, 11) is 0. The molecule has 2 aromatic heterocycles. The Kier molecular flexibility index (Phi) is 2.19. The van der Waals surface area contributed by atoms with Crippen molar-refractivity contribution in [1.82, 2.24) is 9.38 Å². The van der Waals surface area contributed by atoms with Crippen LogP contribution in [0.1, 0.15) is 0 Å². The van der Waals surface area contributed by atoms with Crippen LogP contribution in [0.2, 0.25) is 0 Å². The number of aromatic nitrogens is 2. The SMILES string of the molecule is Fc1c(-c2ccccc2)nc2sc3ccccc3n12. The molecule has 0 saturated carbocycles. The van der Waals surface area contributed by atoms with Gasteiger partial charge in [-0.05, 0) is 12.1 Å². The first-order valence-corrected chi connectivity index (χ1v) is 6.77. The molecular formula is C15H9FN2S. The lowest BCUT2D eigenvalue weighted by molar-refractivity contribution is 0.583. The molecule has 0 unspecified atom stereocenters. The monoisotopic (exact) mass is 268 g/mol. The van der Waals surface area contributed by atoms with Crippen LogP contribution in [-0.2, 0) is 0 Å². The van der Waals surface area contributed by atoms with Crippen molar-refractivity contribution in [3.63, 3.8) is 0 Å². The van der Waals surface area contributed by atoms with E-state index in [1.54, 1.807) is 4.40 Å². The van der Waals surface area contributed by atoms with E-state index in [1.165, 1.54) is 11.3 Å². The zero-order chi connectivity index (χ0) is 12.8. The molecule has 2 nitrogen and oxygen atoms in total. The quantitative estimate of drug-likeness (QED) is 0.501. The van der Waals surface area contributed by atoms with Gasteiger partial charge in [-0.15, -0.1) is 0 Å². The molecule has 4 aromatic rings. The topological polar surface area (TPSA) is 17.3 Å². The number of benzene rings is 2. The molecule has 92 valence electrons. The molecule has 19 heavy (non-hydrogen) atoms. The maximum atomic E-state index is 14.6. The normalized spacial score (nSPS) is 11.4. The summed E-state index contributed by atoms with van der Waals surface area (Å²) in [4.78, 5) is 5.12. The van der Waals surface area contributed by atoms with E-state index in [2.05, 4.69) is 4.98 Å². The second-order valence-corrected chi connectivity index (χ2v) is 5.31. The van der Waals surface area contributed by atoms with Crippen LogP contribution >= 0.6 is 11.3 Å². The number of para-hydroxylation sites is 1. The molecule has 0 N–H and O–H groups in total. The lowest BCUT2D eigenvalue weighted by Gasteiger charge is -1.96. The smallest absolute Gasteiger partial charge is 0.227 e. The first-order valence-electron chi connectivity index (χ1n) is 5.95. The molecule has 2 aromatic carbocycles. The zero-order valence-electron chi connectivity index (χ0n) is 9.88. The van der Waals surface area contributed by atoms with Crippen molar-refractivity contribution < 1.29 is 4.39 Å². The number of imidazole rings is 1. The second kappa shape index (κ2) is 3.90. The highest BCUT2D eigenvalue weighted by Crippen LogP contribution is 2.31. The Morgan fingerprint density at radius 2 is 1.68 bits per heavy atom. The lowest BCUT2D eigenvalue weighted by atomic mass is 10.2. The van der Waals surface area contributed by atoms with Gasteiger partial charge in [0.15, 0.2) is 4.96 Å². The summed E-state index contributed by atoms with van der Waals surface area (Å²) in [6.07, 6.45) is 0. The highest BCUT2D eigenvalue weighted by atomic mass is 32.1. The minimum absolute atomic E-state index is 0.293. The second-order valence-electron chi connectivity index (χ2n) is 4.31. The van der Waals surface area contributed by atoms with E-state index >= 15 is 0 Å². The zero-order valence-corrected chi connectivity index (χ0v) is 10.7. The molecule has 0 aliphatic rings. The first-order chi connectivity index (χ1) is 9.34.